The first kappa shape index (κ1) is 18.4. The number of thiophene rings is 1. The van der Waals surface area contributed by atoms with E-state index in [4.69, 9.17) is 21.1 Å². The monoisotopic (exact) mass is 393 g/mol. The van der Waals surface area contributed by atoms with Gasteiger partial charge in [-0.1, -0.05) is 23.7 Å². The fourth-order valence-electron chi connectivity index (χ4n) is 2.81. The Labute approximate surface area is 159 Å². The Kier molecular flexibility index (Phi) is 5.58. The van der Waals surface area contributed by atoms with Crippen molar-refractivity contribution in [2.45, 2.75) is 19.3 Å². The van der Waals surface area contributed by atoms with Gasteiger partial charge in [0.1, 0.15) is 5.00 Å². The van der Waals surface area contributed by atoms with Crippen molar-refractivity contribution in [3.05, 3.63) is 50.9 Å². The molecule has 0 unspecified atom stereocenters. The summed E-state index contributed by atoms with van der Waals surface area (Å²) < 4.78 is 9.83. The maximum Gasteiger partial charge on any atom is 0.341 e. The quantitative estimate of drug-likeness (QED) is 0.786. The summed E-state index contributed by atoms with van der Waals surface area (Å²) in [6.45, 7) is -0.479. The molecule has 8 heteroatoms. The topological polar surface area (TPSA) is 81.7 Å². The van der Waals surface area contributed by atoms with Gasteiger partial charge in [-0.2, -0.15) is 0 Å². The molecule has 3 rings (SSSR count). The lowest BCUT2D eigenvalue weighted by Crippen LogP contribution is -2.21. The average molecular weight is 394 g/mol. The zero-order valence-electron chi connectivity index (χ0n) is 14.0. The maximum atomic E-state index is 12.2. The van der Waals surface area contributed by atoms with Gasteiger partial charge in [0.15, 0.2) is 6.61 Å². The van der Waals surface area contributed by atoms with Gasteiger partial charge >= 0.3 is 11.9 Å². The smallest absolute Gasteiger partial charge is 0.341 e. The summed E-state index contributed by atoms with van der Waals surface area (Å²) in [4.78, 5) is 37.3. The van der Waals surface area contributed by atoms with Gasteiger partial charge in [0.2, 0.25) is 0 Å². The van der Waals surface area contributed by atoms with E-state index in [1.54, 1.807) is 18.2 Å². The third kappa shape index (κ3) is 3.73. The van der Waals surface area contributed by atoms with Crippen molar-refractivity contribution in [2.24, 2.45) is 0 Å². The molecule has 6 nitrogen and oxygen atoms in total. The molecule has 0 saturated carbocycles. The molecule has 0 fully saturated rings. The predicted molar refractivity (Wildman–Crippen MR) is 98.0 cm³/mol. The minimum Gasteiger partial charge on any atom is -0.465 e. The number of nitrogens with one attached hydrogen (secondary N) is 1. The number of benzene rings is 1. The number of fused-ring (bicyclic) bond motifs is 1. The van der Waals surface area contributed by atoms with Gasteiger partial charge in [-0.15, -0.1) is 11.3 Å². The first-order chi connectivity index (χ1) is 12.5. The van der Waals surface area contributed by atoms with Gasteiger partial charge in [0.25, 0.3) is 5.91 Å². The first-order valence-electron chi connectivity index (χ1n) is 7.95. The fourth-order valence-corrected chi connectivity index (χ4v) is 4.32. The number of esters is 2. The molecule has 0 aliphatic heterocycles. The first-order valence-corrected chi connectivity index (χ1v) is 9.15. The zero-order chi connectivity index (χ0) is 18.7. The molecular weight excluding hydrogens is 378 g/mol. The molecule has 1 aliphatic rings. The number of hydrogen-bond acceptors (Lipinski definition) is 6. The molecule has 136 valence electrons. The largest absolute Gasteiger partial charge is 0.465 e. The summed E-state index contributed by atoms with van der Waals surface area (Å²) >= 11 is 7.29. The number of anilines is 1. The highest BCUT2D eigenvalue weighted by Crippen LogP contribution is 2.39. The van der Waals surface area contributed by atoms with Gasteiger partial charge < -0.3 is 14.8 Å². The second kappa shape index (κ2) is 7.88. The van der Waals surface area contributed by atoms with Crippen LogP contribution in [0.4, 0.5) is 5.00 Å². The van der Waals surface area contributed by atoms with E-state index in [1.165, 1.54) is 24.5 Å². The SMILES string of the molecule is COC(=O)c1c(NC(=O)COC(=O)c2ccccc2Cl)sc2c1CCC2. The third-order valence-electron chi connectivity index (χ3n) is 3.99. The van der Waals surface area contributed by atoms with Gasteiger partial charge in [0.05, 0.1) is 23.3 Å². The number of aryl methyl sites for hydroxylation is 1. The van der Waals surface area contributed by atoms with E-state index in [-0.39, 0.29) is 10.6 Å². The Hall–Kier alpha value is -2.38. The Morgan fingerprint density at radius 2 is 1.96 bits per heavy atom. The Bertz CT molecular complexity index is 876. The number of hydrogen-bond donors (Lipinski definition) is 1. The molecule has 26 heavy (non-hydrogen) atoms. The minimum atomic E-state index is -0.687. The molecule has 1 aromatic carbocycles. The minimum absolute atomic E-state index is 0.187. The van der Waals surface area contributed by atoms with E-state index in [1.807, 2.05) is 0 Å². The maximum absolute atomic E-state index is 12.2. The molecule has 1 heterocycles. The van der Waals surface area contributed by atoms with Crippen LogP contribution < -0.4 is 5.32 Å². The highest BCUT2D eigenvalue weighted by atomic mass is 35.5. The van der Waals surface area contributed by atoms with Crippen molar-refractivity contribution in [2.75, 3.05) is 19.0 Å². The van der Waals surface area contributed by atoms with Crippen molar-refractivity contribution >= 4 is 45.8 Å². The van der Waals surface area contributed by atoms with E-state index in [0.29, 0.717) is 10.6 Å². The number of carbonyl (C=O) groups excluding carboxylic acids is 3. The van der Waals surface area contributed by atoms with E-state index >= 15 is 0 Å². The lowest BCUT2D eigenvalue weighted by molar-refractivity contribution is -0.119. The standard InChI is InChI=1S/C18H16ClNO5S/c1-24-18(23)15-11-6-4-8-13(11)26-16(15)20-14(21)9-25-17(22)10-5-2-3-7-12(10)19/h2-3,5,7H,4,6,8-9H2,1H3,(H,20,21). The van der Waals surface area contributed by atoms with Gasteiger partial charge in [-0.3, -0.25) is 4.79 Å². The lowest BCUT2D eigenvalue weighted by Gasteiger charge is -2.08. The van der Waals surface area contributed by atoms with Crippen LogP contribution in [0.15, 0.2) is 24.3 Å². The Morgan fingerprint density at radius 1 is 1.19 bits per heavy atom. The van der Waals surface area contributed by atoms with E-state index in [9.17, 15) is 14.4 Å². The lowest BCUT2D eigenvalue weighted by atomic mass is 10.1. The van der Waals surface area contributed by atoms with Crippen LogP contribution in [0.5, 0.6) is 0 Å². The number of halogens is 1. The fraction of sp³-hybridized carbons (Fsp3) is 0.278. The summed E-state index contributed by atoms with van der Waals surface area (Å²) in [5.74, 6) is -1.70. The molecule has 1 aliphatic carbocycles. The molecular formula is C18H16ClNO5S. The molecule has 0 bridgehead atoms. The average Bonchev–Trinajstić information content (AvgIpc) is 3.20. The normalized spacial score (nSPS) is 12.4. The number of amides is 1. The van der Waals surface area contributed by atoms with Crippen LogP contribution in [-0.4, -0.2) is 31.6 Å². The van der Waals surface area contributed by atoms with Gasteiger partial charge in [0, 0.05) is 4.88 Å². The summed E-state index contributed by atoms with van der Waals surface area (Å²) in [6, 6.07) is 6.42. The van der Waals surface area contributed by atoms with Crippen LogP contribution in [0.2, 0.25) is 5.02 Å². The molecule has 1 aromatic heterocycles. The summed E-state index contributed by atoms with van der Waals surface area (Å²) in [7, 11) is 1.30. The van der Waals surface area contributed by atoms with Crippen molar-refractivity contribution in [1.82, 2.24) is 0 Å². The van der Waals surface area contributed by atoms with E-state index in [2.05, 4.69) is 5.32 Å². The second-order valence-corrected chi connectivity index (χ2v) is 7.17. The van der Waals surface area contributed by atoms with E-state index in [0.717, 1.165) is 29.7 Å². The Morgan fingerprint density at radius 3 is 2.69 bits per heavy atom. The third-order valence-corrected chi connectivity index (χ3v) is 5.53. The molecule has 0 spiro atoms. The summed E-state index contributed by atoms with van der Waals surface area (Å²) in [6.07, 6.45) is 2.64. The van der Waals surface area contributed by atoms with E-state index < -0.39 is 24.5 Å². The number of ether oxygens (including phenoxy) is 2. The molecule has 1 amide bonds. The predicted octanol–water partition coefficient (Wildman–Crippen LogP) is 3.47. The van der Waals surface area contributed by atoms with Crippen LogP contribution in [0.1, 0.15) is 37.6 Å². The van der Waals surface area contributed by atoms with Crippen molar-refractivity contribution < 1.29 is 23.9 Å². The number of methoxy groups -OCH3 is 1. The van der Waals surface area contributed by atoms with Crippen LogP contribution in [0.25, 0.3) is 0 Å². The van der Waals surface area contributed by atoms with Crippen LogP contribution >= 0.6 is 22.9 Å². The molecule has 0 radical (unpaired) electrons. The molecule has 2 aromatic rings. The number of rotatable bonds is 5. The van der Waals surface area contributed by atoms with Crippen LogP contribution in [-0.2, 0) is 27.1 Å². The van der Waals surface area contributed by atoms with Crippen LogP contribution in [0, 0.1) is 0 Å². The second-order valence-electron chi connectivity index (χ2n) is 5.66. The van der Waals surface area contributed by atoms with Gasteiger partial charge in [-0.05, 0) is 37.0 Å². The molecule has 0 saturated heterocycles. The van der Waals surface area contributed by atoms with Crippen LogP contribution in [0.3, 0.4) is 0 Å². The molecule has 0 atom stereocenters. The van der Waals surface area contributed by atoms with Crippen molar-refractivity contribution in [3.8, 4) is 0 Å². The highest BCUT2D eigenvalue weighted by Gasteiger charge is 2.28. The highest BCUT2D eigenvalue weighted by molar-refractivity contribution is 7.17. The summed E-state index contributed by atoms with van der Waals surface area (Å²) in [5.41, 5.74) is 1.52. The van der Waals surface area contributed by atoms with Crippen molar-refractivity contribution in [3.63, 3.8) is 0 Å². The molecule has 1 N–H and O–H groups in total. The number of carbonyl (C=O) groups is 3. The Balaban J connectivity index is 1.67. The van der Waals surface area contributed by atoms with Crippen molar-refractivity contribution in [1.29, 1.82) is 0 Å². The zero-order valence-corrected chi connectivity index (χ0v) is 15.5. The summed E-state index contributed by atoms with van der Waals surface area (Å²) in [5, 5.41) is 3.33. The van der Waals surface area contributed by atoms with Gasteiger partial charge in [-0.25, -0.2) is 9.59 Å².